The number of fused-ring (bicyclic) bond motifs is 5. The molecule has 3 aliphatic rings. The Labute approximate surface area is 183 Å². The molecule has 0 amide bonds. The van der Waals surface area contributed by atoms with Crippen LogP contribution < -0.4 is 10.1 Å². The number of rotatable bonds is 1. The molecule has 0 fully saturated rings. The Bertz CT molecular complexity index is 1110. The van der Waals surface area contributed by atoms with Gasteiger partial charge in [-0.2, -0.15) is 0 Å². The number of allylic oxidation sites excluding steroid dienone is 2. The Hall–Kier alpha value is -2.39. The lowest BCUT2D eigenvalue weighted by Gasteiger charge is -2.39. The summed E-state index contributed by atoms with van der Waals surface area (Å²) in [6.45, 7) is 8.77. The van der Waals surface area contributed by atoms with Crippen LogP contribution in [0.4, 0.5) is 5.69 Å². The normalized spacial score (nSPS) is 23.8. The number of benzene rings is 2. The fourth-order valence-corrected chi connectivity index (χ4v) is 5.70. The Kier molecular flexibility index (Phi) is 4.44. The maximum atomic E-state index is 10.3. The topological polar surface area (TPSA) is 41.5 Å². The maximum absolute atomic E-state index is 10.3. The van der Waals surface area contributed by atoms with Gasteiger partial charge in [-0.1, -0.05) is 35.4 Å². The molecule has 5 rings (SSSR count). The summed E-state index contributed by atoms with van der Waals surface area (Å²) in [6.07, 6.45) is 8.05. The molecule has 0 spiro atoms. The summed E-state index contributed by atoms with van der Waals surface area (Å²) in [4.78, 5) is 0. The van der Waals surface area contributed by atoms with Crippen molar-refractivity contribution in [3.8, 4) is 22.6 Å². The molecular formula is C26H28ClNO2. The van der Waals surface area contributed by atoms with Crippen molar-refractivity contribution in [2.24, 2.45) is 5.92 Å². The second kappa shape index (κ2) is 6.81. The van der Waals surface area contributed by atoms with Gasteiger partial charge in [-0.25, -0.2) is 0 Å². The highest BCUT2D eigenvalue weighted by atomic mass is 35.5. The molecule has 0 radical (unpaired) electrons. The minimum absolute atomic E-state index is 0.0790. The van der Waals surface area contributed by atoms with Crippen LogP contribution >= 0.6 is 11.6 Å². The lowest BCUT2D eigenvalue weighted by atomic mass is 9.76. The first-order valence-electron chi connectivity index (χ1n) is 10.8. The molecule has 30 heavy (non-hydrogen) atoms. The molecule has 1 aliphatic carbocycles. The van der Waals surface area contributed by atoms with E-state index in [0.29, 0.717) is 10.9 Å². The van der Waals surface area contributed by atoms with E-state index in [4.69, 9.17) is 16.3 Å². The zero-order valence-corrected chi connectivity index (χ0v) is 18.7. The van der Waals surface area contributed by atoms with Gasteiger partial charge in [-0.05, 0) is 76.3 Å². The van der Waals surface area contributed by atoms with Gasteiger partial charge >= 0.3 is 0 Å². The number of phenols is 1. The smallest absolute Gasteiger partial charge is 0.135 e. The molecule has 0 bridgehead atoms. The standard InChI is InChI=1S/C26H28ClNO2/c1-14-6-5-7-16(12-14)25-23-17(22-20(30-25)11-10-19(29)24(22)27)8-9-18-21(23)15(2)13-26(3,4)28-18/h8-13,16,25,28-29H,5-7H2,1-4H3/t16-,25+/m1/s1. The van der Waals surface area contributed by atoms with E-state index in [1.807, 2.05) is 6.07 Å². The van der Waals surface area contributed by atoms with Crippen LogP contribution in [0.3, 0.4) is 0 Å². The number of hydrogen-bond donors (Lipinski definition) is 2. The van der Waals surface area contributed by atoms with Gasteiger partial charge in [0.15, 0.2) is 0 Å². The molecule has 2 aliphatic heterocycles. The van der Waals surface area contributed by atoms with E-state index in [2.05, 4.69) is 57.3 Å². The lowest BCUT2D eigenvalue weighted by molar-refractivity contribution is 0.145. The summed E-state index contributed by atoms with van der Waals surface area (Å²) >= 11 is 6.59. The van der Waals surface area contributed by atoms with Crippen molar-refractivity contribution in [1.29, 1.82) is 0 Å². The number of ether oxygens (including phenoxy) is 1. The molecule has 0 saturated heterocycles. The van der Waals surface area contributed by atoms with Gasteiger partial charge in [0.1, 0.15) is 17.6 Å². The predicted octanol–water partition coefficient (Wildman–Crippen LogP) is 7.50. The van der Waals surface area contributed by atoms with E-state index in [1.54, 1.807) is 6.07 Å². The fourth-order valence-electron chi connectivity index (χ4n) is 5.44. The zero-order valence-electron chi connectivity index (χ0n) is 18.0. The molecule has 4 heteroatoms. The van der Waals surface area contributed by atoms with Gasteiger partial charge in [0.25, 0.3) is 0 Å². The Morgan fingerprint density at radius 2 is 1.93 bits per heavy atom. The maximum Gasteiger partial charge on any atom is 0.135 e. The highest BCUT2D eigenvalue weighted by Gasteiger charge is 2.38. The molecule has 2 aromatic rings. The van der Waals surface area contributed by atoms with Crippen molar-refractivity contribution in [3.63, 3.8) is 0 Å². The lowest BCUT2D eigenvalue weighted by Crippen LogP contribution is -2.33. The zero-order chi connectivity index (χ0) is 21.2. The van der Waals surface area contributed by atoms with Gasteiger partial charge in [-0.3, -0.25) is 0 Å². The number of halogens is 1. The van der Waals surface area contributed by atoms with Crippen molar-refractivity contribution in [2.75, 3.05) is 5.32 Å². The van der Waals surface area contributed by atoms with E-state index >= 15 is 0 Å². The van der Waals surface area contributed by atoms with Crippen LogP contribution in [-0.2, 0) is 0 Å². The third-order valence-corrected chi connectivity index (χ3v) is 6.94. The summed E-state index contributed by atoms with van der Waals surface area (Å²) in [5, 5.41) is 14.3. The molecule has 2 N–H and O–H groups in total. The fraction of sp³-hybridized carbons (Fsp3) is 0.385. The van der Waals surface area contributed by atoms with E-state index < -0.39 is 0 Å². The average molecular weight is 422 g/mol. The molecular weight excluding hydrogens is 394 g/mol. The molecule has 2 aromatic carbocycles. The summed E-state index contributed by atoms with van der Waals surface area (Å²) in [6, 6.07) is 7.74. The van der Waals surface area contributed by atoms with E-state index in [0.717, 1.165) is 35.4 Å². The van der Waals surface area contributed by atoms with Crippen molar-refractivity contribution in [3.05, 3.63) is 58.1 Å². The van der Waals surface area contributed by atoms with Crippen molar-refractivity contribution >= 4 is 22.9 Å². The van der Waals surface area contributed by atoms with Gasteiger partial charge in [0.2, 0.25) is 0 Å². The first-order chi connectivity index (χ1) is 14.2. The van der Waals surface area contributed by atoms with Crippen molar-refractivity contribution < 1.29 is 9.84 Å². The predicted molar refractivity (Wildman–Crippen MR) is 124 cm³/mol. The minimum atomic E-state index is -0.106. The minimum Gasteiger partial charge on any atom is -0.506 e. The first kappa shape index (κ1) is 19.6. The van der Waals surface area contributed by atoms with Crippen molar-refractivity contribution in [2.45, 2.75) is 58.6 Å². The van der Waals surface area contributed by atoms with Gasteiger partial charge in [0.05, 0.1) is 10.6 Å². The van der Waals surface area contributed by atoms with Crippen molar-refractivity contribution in [1.82, 2.24) is 0 Å². The molecule has 3 nitrogen and oxygen atoms in total. The Balaban J connectivity index is 1.79. The molecule has 2 heterocycles. The monoisotopic (exact) mass is 421 g/mol. The van der Waals surface area contributed by atoms with Crippen LogP contribution in [0.1, 0.15) is 64.2 Å². The Morgan fingerprint density at radius 3 is 2.70 bits per heavy atom. The van der Waals surface area contributed by atoms with E-state index in [9.17, 15) is 5.11 Å². The first-order valence-corrected chi connectivity index (χ1v) is 11.1. The number of hydrogen-bond acceptors (Lipinski definition) is 3. The average Bonchev–Trinajstić information content (AvgIpc) is 2.68. The third-order valence-electron chi connectivity index (χ3n) is 6.56. The van der Waals surface area contributed by atoms with Crippen LogP contribution in [0.5, 0.6) is 11.5 Å². The second-order valence-electron chi connectivity index (χ2n) is 9.50. The molecule has 0 saturated carbocycles. The van der Waals surface area contributed by atoms with Gasteiger partial charge in [0, 0.05) is 28.3 Å². The van der Waals surface area contributed by atoms with Gasteiger partial charge < -0.3 is 15.2 Å². The summed E-state index contributed by atoms with van der Waals surface area (Å²) < 4.78 is 6.65. The summed E-state index contributed by atoms with van der Waals surface area (Å²) in [5.74, 6) is 1.14. The van der Waals surface area contributed by atoms with Crippen LogP contribution in [0.25, 0.3) is 16.7 Å². The van der Waals surface area contributed by atoms with Crippen LogP contribution in [0.15, 0.2) is 42.0 Å². The summed E-state index contributed by atoms with van der Waals surface area (Å²) in [5.41, 5.74) is 7.94. The SMILES string of the molecule is CC1=C[C@H]([C@@H]2Oc3ccc(O)c(Cl)c3-c3ccc4c(c32)C(C)=CC(C)(C)N4)CCC1. The molecule has 2 atom stereocenters. The van der Waals surface area contributed by atoms with Crippen LogP contribution in [0.2, 0.25) is 5.02 Å². The largest absolute Gasteiger partial charge is 0.506 e. The van der Waals surface area contributed by atoms with Crippen LogP contribution in [0, 0.1) is 5.92 Å². The summed E-state index contributed by atoms with van der Waals surface area (Å²) in [7, 11) is 0. The Morgan fingerprint density at radius 1 is 1.13 bits per heavy atom. The molecule has 0 unspecified atom stereocenters. The highest BCUT2D eigenvalue weighted by Crippen LogP contribution is 2.55. The van der Waals surface area contributed by atoms with Gasteiger partial charge in [-0.15, -0.1) is 0 Å². The third kappa shape index (κ3) is 3.02. The highest BCUT2D eigenvalue weighted by molar-refractivity contribution is 6.35. The number of nitrogens with one attached hydrogen (secondary N) is 1. The molecule has 156 valence electrons. The number of anilines is 1. The quantitative estimate of drug-likeness (QED) is 0.468. The second-order valence-corrected chi connectivity index (χ2v) is 9.88. The molecule has 0 aromatic heterocycles. The number of phenolic OH excluding ortho intramolecular Hbond substituents is 1. The van der Waals surface area contributed by atoms with E-state index in [1.165, 1.54) is 28.7 Å². The number of aromatic hydroxyl groups is 1. The van der Waals surface area contributed by atoms with Crippen LogP contribution in [-0.4, -0.2) is 10.6 Å². The van der Waals surface area contributed by atoms with E-state index in [-0.39, 0.29) is 17.4 Å².